The normalized spacial score (nSPS) is 18.6. The molecule has 1 saturated heterocycles. The predicted molar refractivity (Wildman–Crippen MR) is 73.3 cm³/mol. The predicted octanol–water partition coefficient (Wildman–Crippen LogP) is 2.52. The molecule has 1 aliphatic heterocycles. The molecule has 1 aliphatic rings. The largest absolute Gasteiger partial charge is 0.497 e. The molecule has 0 spiro atoms. The minimum Gasteiger partial charge on any atom is -0.497 e. The number of nitrogens with zero attached hydrogens (tertiary/aromatic N) is 1. The maximum Gasteiger partial charge on any atom is 0.119 e. The monoisotopic (exact) mass is 249 g/mol. The summed E-state index contributed by atoms with van der Waals surface area (Å²) < 4.78 is 10.6. The summed E-state index contributed by atoms with van der Waals surface area (Å²) in [4.78, 5) is 2.49. The van der Waals surface area contributed by atoms with Crippen molar-refractivity contribution in [3.8, 4) is 5.75 Å². The zero-order chi connectivity index (χ0) is 12.8. The molecule has 0 aliphatic carbocycles. The third-order valence-electron chi connectivity index (χ3n) is 3.64. The van der Waals surface area contributed by atoms with Gasteiger partial charge in [-0.05, 0) is 36.6 Å². The summed E-state index contributed by atoms with van der Waals surface area (Å²) in [5.74, 6) is 1.52. The lowest BCUT2D eigenvalue weighted by atomic mass is 9.97. The lowest BCUT2D eigenvalue weighted by Crippen LogP contribution is -2.37. The average molecular weight is 249 g/mol. The molecular weight excluding hydrogens is 226 g/mol. The Hall–Kier alpha value is -1.06. The first-order valence-corrected chi connectivity index (χ1v) is 6.73. The van der Waals surface area contributed by atoms with Gasteiger partial charge >= 0.3 is 0 Å². The molecule has 0 aromatic heterocycles. The zero-order valence-corrected chi connectivity index (χ0v) is 11.4. The van der Waals surface area contributed by atoms with Gasteiger partial charge in [0.25, 0.3) is 0 Å². The van der Waals surface area contributed by atoms with Crippen molar-refractivity contribution < 1.29 is 9.47 Å². The van der Waals surface area contributed by atoms with Gasteiger partial charge in [-0.15, -0.1) is 0 Å². The summed E-state index contributed by atoms with van der Waals surface area (Å²) in [6, 6.07) is 8.40. The Morgan fingerprint density at radius 2 is 2.11 bits per heavy atom. The highest BCUT2D eigenvalue weighted by Gasteiger charge is 2.12. The maximum absolute atomic E-state index is 5.36. The van der Waals surface area contributed by atoms with Gasteiger partial charge in [-0.2, -0.15) is 0 Å². The number of hydrogen-bond acceptors (Lipinski definition) is 3. The van der Waals surface area contributed by atoms with E-state index in [1.165, 1.54) is 12.0 Å². The van der Waals surface area contributed by atoms with Crippen LogP contribution in [0.1, 0.15) is 24.8 Å². The number of ether oxygens (including phenoxy) is 2. The third kappa shape index (κ3) is 3.72. The van der Waals surface area contributed by atoms with Crippen LogP contribution in [0, 0.1) is 0 Å². The van der Waals surface area contributed by atoms with Crippen LogP contribution in [-0.4, -0.2) is 44.9 Å². The van der Waals surface area contributed by atoms with Crippen LogP contribution in [0.25, 0.3) is 0 Å². The molecule has 1 fully saturated rings. The van der Waals surface area contributed by atoms with E-state index in [2.05, 4.69) is 30.0 Å². The van der Waals surface area contributed by atoms with Crippen molar-refractivity contribution in [3.63, 3.8) is 0 Å². The smallest absolute Gasteiger partial charge is 0.119 e. The van der Waals surface area contributed by atoms with Crippen molar-refractivity contribution in [3.05, 3.63) is 29.8 Å². The van der Waals surface area contributed by atoms with Gasteiger partial charge in [0.05, 0.1) is 20.3 Å². The Morgan fingerprint density at radius 3 is 2.83 bits per heavy atom. The van der Waals surface area contributed by atoms with Crippen molar-refractivity contribution in [1.29, 1.82) is 0 Å². The summed E-state index contributed by atoms with van der Waals surface area (Å²) in [7, 11) is 1.72. The topological polar surface area (TPSA) is 21.7 Å². The molecular formula is C15H23NO2. The molecule has 1 heterocycles. The van der Waals surface area contributed by atoms with Gasteiger partial charge in [0.15, 0.2) is 0 Å². The summed E-state index contributed by atoms with van der Waals surface area (Å²) >= 11 is 0. The molecule has 1 atom stereocenters. The van der Waals surface area contributed by atoms with Gasteiger partial charge in [0.1, 0.15) is 5.75 Å². The molecule has 1 aromatic rings. The molecule has 3 nitrogen and oxygen atoms in total. The van der Waals surface area contributed by atoms with Crippen molar-refractivity contribution in [1.82, 2.24) is 4.90 Å². The van der Waals surface area contributed by atoms with E-state index in [4.69, 9.17) is 9.47 Å². The Morgan fingerprint density at radius 1 is 1.33 bits per heavy atom. The van der Waals surface area contributed by atoms with E-state index in [9.17, 15) is 0 Å². The van der Waals surface area contributed by atoms with E-state index in [0.29, 0.717) is 5.92 Å². The second-order valence-corrected chi connectivity index (χ2v) is 4.92. The minimum absolute atomic E-state index is 0.572. The van der Waals surface area contributed by atoms with Crippen LogP contribution in [-0.2, 0) is 4.74 Å². The molecule has 2 rings (SSSR count). The molecule has 0 radical (unpaired) electrons. The van der Waals surface area contributed by atoms with Crippen LogP contribution in [0.2, 0.25) is 0 Å². The lowest BCUT2D eigenvalue weighted by Gasteiger charge is -2.27. The van der Waals surface area contributed by atoms with Crippen molar-refractivity contribution in [2.75, 3.05) is 40.0 Å². The highest BCUT2D eigenvalue weighted by atomic mass is 16.5. The Bertz CT molecular complexity index is 361. The summed E-state index contributed by atoms with van der Waals surface area (Å²) in [5, 5.41) is 0. The van der Waals surface area contributed by atoms with Crippen LogP contribution in [0.5, 0.6) is 5.75 Å². The number of morpholine rings is 1. The summed E-state index contributed by atoms with van der Waals surface area (Å²) in [5.41, 5.74) is 1.36. The van der Waals surface area contributed by atoms with Gasteiger partial charge < -0.3 is 9.47 Å². The quantitative estimate of drug-likeness (QED) is 0.800. The molecule has 0 amide bonds. The number of benzene rings is 1. The van der Waals surface area contributed by atoms with Crippen molar-refractivity contribution in [2.45, 2.75) is 19.3 Å². The number of rotatable bonds is 5. The Labute approximate surface area is 110 Å². The van der Waals surface area contributed by atoms with Crippen LogP contribution in [0.3, 0.4) is 0 Å². The first-order valence-electron chi connectivity index (χ1n) is 6.73. The van der Waals surface area contributed by atoms with Gasteiger partial charge in [-0.1, -0.05) is 19.1 Å². The van der Waals surface area contributed by atoms with E-state index in [1.807, 2.05) is 6.07 Å². The Kier molecular flexibility index (Phi) is 5.02. The fraction of sp³-hybridized carbons (Fsp3) is 0.600. The fourth-order valence-corrected chi connectivity index (χ4v) is 2.32. The molecule has 1 aromatic carbocycles. The second kappa shape index (κ2) is 6.76. The van der Waals surface area contributed by atoms with E-state index in [0.717, 1.165) is 38.6 Å². The average Bonchev–Trinajstić information content (AvgIpc) is 2.46. The van der Waals surface area contributed by atoms with Gasteiger partial charge in [0, 0.05) is 13.1 Å². The second-order valence-electron chi connectivity index (χ2n) is 4.92. The molecule has 3 heteroatoms. The SMILES string of the molecule is COc1cccc(C(C)CCN2CCOCC2)c1. The van der Waals surface area contributed by atoms with E-state index in [-0.39, 0.29) is 0 Å². The van der Waals surface area contributed by atoms with Crippen molar-refractivity contribution in [2.24, 2.45) is 0 Å². The molecule has 100 valence electrons. The van der Waals surface area contributed by atoms with E-state index >= 15 is 0 Å². The van der Waals surface area contributed by atoms with E-state index in [1.54, 1.807) is 7.11 Å². The van der Waals surface area contributed by atoms with Gasteiger partial charge in [-0.3, -0.25) is 4.90 Å². The fourth-order valence-electron chi connectivity index (χ4n) is 2.32. The standard InChI is InChI=1S/C15H23NO2/c1-13(6-7-16-8-10-18-11-9-16)14-4-3-5-15(12-14)17-2/h3-5,12-13H,6-11H2,1-2H3. The van der Waals surface area contributed by atoms with Gasteiger partial charge in [0.2, 0.25) is 0 Å². The first-order chi connectivity index (χ1) is 8.79. The lowest BCUT2D eigenvalue weighted by molar-refractivity contribution is 0.0367. The number of hydrogen-bond donors (Lipinski definition) is 0. The third-order valence-corrected chi connectivity index (χ3v) is 3.64. The Balaban J connectivity index is 1.84. The number of methoxy groups -OCH3 is 1. The highest BCUT2D eigenvalue weighted by Crippen LogP contribution is 2.23. The van der Waals surface area contributed by atoms with Crippen LogP contribution < -0.4 is 4.74 Å². The van der Waals surface area contributed by atoms with Crippen LogP contribution in [0.15, 0.2) is 24.3 Å². The molecule has 1 unspecified atom stereocenters. The molecule has 18 heavy (non-hydrogen) atoms. The van der Waals surface area contributed by atoms with E-state index < -0.39 is 0 Å². The molecule has 0 saturated carbocycles. The van der Waals surface area contributed by atoms with Crippen LogP contribution >= 0.6 is 0 Å². The maximum atomic E-state index is 5.36. The minimum atomic E-state index is 0.572. The van der Waals surface area contributed by atoms with Crippen LogP contribution in [0.4, 0.5) is 0 Å². The van der Waals surface area contributed by atoms with Crippen molar-refractivity contribution >= 4 is 0 Å². The molecule has 0 N–H and O–H groups in total. The molecule has 0 bridgehead atoms. The summed E-state index contributed by atoms with van der Waals surface area (Å²) in [6.07, 6.45) is 1.19. The first kappa shape index (κ1) is 13.4. The van der Waals surface area contributed by atoms with Gasteiger partial charge in [-0.25, -0.2) is 0 Å². The summed E-state index contributed by atoms with van der Waals surface area (Å²) in [6.45, 7) is 7.35. The zero-order valence-electron chi connectivity index (χ0n) is 11.4. The highest BCUT2D eigenvalue weighted by molar-refractivity contribution is 5.30.